The van der Waals surface area contributed by atoms with Crippen LogP contribution in [0.4, 0.5) is 13.2 Å². The van der Waals surface area contributed by atoms with E-state index in [0.29, 0.717) is 11.3 Å². The number of H-pyrrole nitrogens is 1. The number of hydrogen-bond donors (Lipinski definition) is 3. The van der Waals surface area contributed by atoms with Crippen LogP contribution >= 0.6 is 0 Å². The topological polar surface area (TPSA) is 148 Å². The maximum atomic E-state index is 12.0. The summed E-state index contributed by atoms with van der Waals surface area (Å²) in [5.41, 5.74) is 1.12. The highest BCUT2D eigenvalue weighted by Crippen LogP contribution is 2.26. The minimum absolute atomic E-state index is 0. The van der Waals surface area contributed by atoms with Crippen molar-refractivity contribution in [2.75, 3.05) is 6.61 Å². The maximum Gasteiger partial charge on any atom is 0.573 e. The highest BCUT2D eigenvalue weighted by molar-refractivity contribution is 5.88. The van der Waals surface area contributed by atoms with Crippen molar-refractivity contribution in [1.29, 1.82) is 0 Å². The molecule has 1 aromatic carbocycles. The summed E-state index contributed by atoms with van der Waals surface area (Å²) in [7, 11) is 0. The first-order chi connectivity index (χ1) is 10.9. The van der Waals surface area contributed by atoms with Crippen LogP contribution < -0.4 is 16.4 Å². The third-order valence-corrected chi connectivity index (χ3v) is 2.46. The van der Waals surface area contributed by atoms with Crippen molar-refractivity contribution in [2.24, 2.45) is 11.7 Å². The molecule has 0 fully saturated rings. The van der Waals surface area contributed by atoms with Crippen LogP contribution in [0.1, 0.15) is 17.4 Å². The van der Waals surface area contributed by atoms with Crippen molar-refractivity contribution in [2.45, 2.75) is 13.3 Å². The number of rotatable bonds is 4. The van der Waals surface area contributed by atoms with Gasteiger partial charge in [-0.15, -0.1) is 13.2 Å². The Labute approximate surface area is 134 Å². The van der Waals surface area contributed by atoms with Crippen molar-refractivity contribution >= 4 is 5.97 Å². The number of nitrogens with zero attached hydrogens (tertiary/aromatic N) is 1. The molecule has 2 aromatic rings. The zero-order valence-electron chi connectivity index (χ0n) is 12.6. The van der Waals surface area contributed by atoms with E-state index in [1.165, 1.54) is 30.3 Å². The van der Waals surface area contributed by atoms with E-state index in [4.69, 9.17) is 4.74 Å². The number of aromatic nitrogens is 2. The summed E-state index contributed by atoms with van der Waals surface area (Å²) in [5, 5.41) is 6.41. The van der Waals surface area contributed by atoms with Gasteiger partial charge in [-0.05, 0) is 37.3 Å². The number of halogens is 3. The monoisotopic (exact) mass is 350 g/mol. The number of alkyl halides is 3. The molecule has 0 bridgehead atoms. The first kappa shape index (κ1) is 21.4. The van der Waals surface area contributed by atoms with Crippen molar-refractivity contribution < 1.29 is 32.9 Å². The quantitative estimate of drug-likeness (QED) is 0.428. The van der Waals surface area contributed by atoms with E-state index >= 15 is 0 Å². The summed E-state index contributed by atoms with van der Waals surface area (Å²) in [5.74, 6) is 7.13. The molecule has 0 aliphatic carbocycles. The predicted molar refractivity (Wildman–Crippen MR) is 78.7 cm³/mol. The molecule has 8 nitrogen and oxygen atoms in total. The Hall–Kier alpha value is -2.63. The van der Waals surface area contributed by atoms with Crippen molar-refractivity contribution in [1.82, 2.24) is 10.2 Å². The van der Waals surface area contributed by atoms with Crippen LogP contribution in [-0.2, 0) is 4.74 Å². The normalized spacial score (nSPS) is 10.1. The number of hydrogen-bond acceptors (Lipinski definition) is 6. The summed E-state index contributed by atoms with van der Waals surface area (Å²) in [6.07, 6.45) is -4.73. The SMILES string of the molecule is CCOC(=O)c1cc(-c2ccc(OC(F)(F)F)cc2)n[nH]1.NN.O. The number of ether oxygens (including phenoxy) is 2. The van der Waals surface area contributed by atoms with Crippen LogP contribution in [0, 0.1) is 0 Å². The van der Waals surface area contributed by atoms with Gasteiger partial charge < -0.3 is 14.9 Å². The number of esters is 1. The molecular weight excluding hydrogens is 333 g/mol. The standard InChI is InChI=1S/C13H11F3N2O3.H4N2.H2O/c1-2-20-12(19)11-7-10(17-18-11)8-3-5-9(6-4-8)21-13(14,15)16;1-2;/h3-7H,2H2,1H3,(H,17,18);1-2H2;1H2. The Morgan fingerprint density at radius 2 is 1.83 bits per heavy atom. The highest BCUT2D eigenvalue weighted by Gasteiger charge is 2.31. The second kappa shape index (κ2) is 9.50. The van der Waals surface area contributed by atoms with Crippen LogP contribution in [0.5, 0.6) is 5.75 Å². The maximum absolute atomic E-state index is 12.0. The fourth-order valence-corrected chi connectivity index (χ4v) is 1.61. The lowest BCUT2D eigenvalue weighted by atomic mass is 10.1. The average molecular weight is 350 g/mol. The summed E-state index contributed by atoms with van der Waals surface area (Å²) in [6, 6.07) is 6.61. The van der Waals surface area contributed by atoms with Crippen molar-refractivity contribution in [3.8, 4) is 17.0 Å². The first-order valence-corrected chi connectivity index (χ1v) is 6.31. The molecule has 2 rings (SSSR count). The number of nitrogens with two attached hydrogens (primary N) is 2. The molecule has 0 radical (unpaired) electrons. The van der Waals surface area contributed by atoms with Crippen LogP contribution in [0.25, 0.3) is 11.3 Å². The van der Waals surface area contributed by atoms with E-state index in [-0.39, 0.29) is 23.5 Å². The largest absolute Gasteiger partial charge is 0.573 e. The van der Waals surface area contributed by atoms with E-state index in [1.807, 2.05) is 0 Å². The third-order valence-electron chi connectivity index (χ3n) is 2.46. The predicted octanol–water partition coefficient (Wildman–Crippen LogP) is 1.15. The van der Waals surface area contributed by atoms with Crippen LogP contribution in [-0.4, -0.2) is 34.6 Å². The minimum atomic E-state index is -4.73. The molecule has 24 heavy (non-hydrogen) atoms. The number of carbonyl (C=O) groups is 1. The molecule has 11 heteroatoms. The number of hydrazine groups is 1. The van der Waals surface area contributed by atoms with Gasteiger partial charge in [0, 0.05) is 5.56 Å². The lowest BCUT2D eigenvalue weighted by Crippen LogP contribution is -2.16. The molecule has 0 aliphatic rings. The summed E-state index contributed by atoms with van der Waals surface area (Å²) >= 11 is 0. The second-order valence-electron chi connectivity index (χ2n) is 3.96. The highest BCUT2D eigenvalue weighted by atomic mass is 19.4. The molecule has 0 aliphatic heterocycles. The molecular formula is C13H17F3N4O4. The van der Waals surface area contributed by atoms with E-state index in [2.05, 4.69) is 26.6 Å². The lowest BCUT2D eigenvalue weighted by Gasteiger charge is -2.08. The molecule has 0 atom stereocenters. The first-order valence-electron chi connectivity index (χ1n) is 6.31. The Morgan fingerprint density at radius 1 is 1.25 bits per heavy atom. The fourth-order valence-electron chi connectivity index (χ4n) is 1.61. The van der Waals surface area contributed by atoms with Gasteiger partial charge in [0.1, 0.15) is 11.4 Å². The summed E-state index contributed by atoms with van der Waals surface area (Å²) in [6.45, 7) is 1.91. The molecule has 1 heterocycles. The lowest BCUT2D eigenvalue weighted by molar-refractivity contribution is -0.274. The number of carbonyl (C=O) groups excluding carboxylic acids is 1. The van der Waals surface area contributed by atoms with Gasteiger partial charge in [0.2, 0.25) is 0 Å². The molecule has 0 spiro atoms. The van der Waals surface area contributed by atoms with Gasteiger partial charge >= 0.3 is 12.3 Å². The number of aromatic amines is 1. The van der Waals surface area contributed by atoms with Crippen LogP contribution in [0.2, 0.25) is 0 Å². The molecule has 7 N–H and O–H groups in total. The zero-order valence-corrected chi connectivity index (χ0v) is 12.6. The molecule has 134 valence electrons. The number of nitrogens with one attached hydrogen (secondary N) is 1. The van der Waals surface area contributed by atoms with Gasteiger partial charge in [-0.2, -0.15) is 5.10 Å². The van der Waals surface area contributed by atoms with E-state index < -0.39 is 12.3 Å². The van der Waals surface area contributed by atoms with Crippen LogP contribution in [0.3, 0.4) is 0 Å². The van der Waals surface area contributed by atoms with Gasteiger partial charge in [-0.1, -0.05) is 0 Å². The Balaban J connectivity index is 0.00000170. The molecule has 0 amide bonds. The second-order valence-corrected chi connectivity index (χ2v) is 3.96. The van der Waals surface area contributed by atoms with E-state index in [0.717, 1.165) is 0 Å². The summed E-state index contributed by atoms with van der Waals surface area (Å²) < 4.78 is 44.7. The molecule has 0 unspecified atom stereocenters. The number of benzene rings is 1. The van der Waals surface area contributed by atoms with Gasteiger partial charge in [-0.3, -0.25) is 16.8 Å². The average Bonchev–Trinajstić information content (AvgIpc) is 2.99. The zero-order chi connectivity index (χ0) is 17.5. The minimum Gasteiger partial charge on any atom is -0.461 e. The summed E-state index contributed by atoms with van der Waals surface area (Å²) in [4.78, 5) is 11.5. The van der Waals surface area contributed by atoms with Gasteiger partial charge in [-0.25, -0.2) is 4.79 Å². The van der Waals surface area contributed by atoms with E-state index in [9.17, 15) is 18.0 Å². The Kier molecular flexibility index (Phi) is 8.46. The van der Waals surface area contributed by atoms with Gasteiger partial charge in [0.25, 0.3) is 0 Å². The fraction of sp³-hybridized carbons (Fsp3) is 0.231. The molecule has 1 aromatic heterocycles. The Bertz CT molecular complexity index is 629. The van der Waals surface area contributed by atoms with Gasteiger partial charge in [0.15, 0.2) is 0 Å². The Morgan fingerprint density at radius 3 is 2.33 bits per heavy atom. The molecule has 0 saturated carbocycles. The van der Waals surface area contributed by atoms with Crippen molar-refractivity contribution in [3.63, 3.8) is 0 Å². The van der Waals surface area contributed by atoms with Crippen LogP contribution in [0.15, 0.2) is 30.3 Å². The smallest absolute Gasteiger partial charge is 0.461 e. The molecule has 0 saturated heterocycles. The van der Waals surface area contributed by atoms with Gasteiger partial charge in [0.05, 0.1) is 12.3 Å². The third kappa shape index (κ3) is 6.24. The van der Waals surface area contributed by atoms with Crippen molar-refractivity contribution in [3.05, 3.63) is 36.0 Å². The van der Waals surface area contributed by atoms with E-state index in [1.54, 1.807) is 6.92 Å².